The second-order valence-electron chi connectivity index (χ2n) is 4.23. The van der Waals surface area contributed by atoms with Gasteiger partial charge in [0.15, 0.2) is 0 Å². The summed E-state index contributed by atoms with van der Waals surface area (Å²) >= 11 is 2.16. The highest BCUT2D eigenvalue weighted by molar-refractivity contribution is 14.1. The Hall–Kier alpha value is -1.40. The monoisotopic (exact) mass is 381 g/mol. The van der Waals surface area contributed by atoms with Gasteiger partial charge in [-0.05, 0) is 47.7 Å². The van der Waals surface area contributed by atoms with E-state index in [0.717, 1.165) is 14.8 Å². The van der Waals surface area contributed by atoms with Gasteiger partial charge >= 0.3 is 0 Å². The van der Waals surface area contributed by atoms with Crippen LogP contribution in [0.2, 0.25) is 0 Å². The molecule has 0 saturated carbocycles. The van der Waals surface area contributed by atoms with Crippen molar-refractivity contribution in [1.82, 2.24) is 0 Å². The molecule has 4 heteroatoms. The first-order valence-electron chi connectivity index (χ1n) is 6.44. The van der Waals surface area contributed by atoms with Crippen LogP contribution in [-0.4, -0.2) is 12.5 Å². The van der Waals surface area contributed by atoms with Crippen LogP contribution in [0.3, 0.4) is 0 Å². The lowest BCUT2D eigenvalue weighted by molar-refractivity contribution is 0.102. The van der Waals surface area contributed by atoms with Crippen molar-refractivity contribution in [2.75, 3.05) is 11.9 Å². The second kappa shape index (κ2) is 7.40. The van der Waals surface area contributed by atoms with Gasteiger partial charge in [0.2, 0.25) is 0 Å². The average molecular weight is 381 g/mol. The molecule has 0 aliphatic carbocycles. The fourth-order valence-electron chi connectivity index (χ4n) is 1.82. The molecule has 2 aromatic carbocycles. The van der Waals surface area contributed by atoms with Crippen molar-refractivity contribution in [2.45, 2.75) is 13.5 Å². The Morgan fingerprint density at radius 3 is 2.60 bits per heavy atom. The van der Waals surface area contributed by atoms with Crippen LogP contribution in [-0.2, 0) is 11.3 Å². The van der Waals surface area contributed by atoms with Crippen molar-refractivity contribution in [1.29, 1.82) is 0 Å². The van der Waals surface area contributed by atoms with Crippen molar-refractivity contribution < 1.29 is 9.53 Å². The number of hydrogen-bond acceptors (Lipinski definition) is 2. The van der Waals surface area contributed by atoms with E-state index in [9.17, 15) is 4.79 Å². The summed E-state index contributed by atoms with van der Waals surface area (Å²) < 4.78 is 6.35. The van der Waals surface area contributed by atoms with Gasteiger partial charge < -0.3 is 10.1 Å². The molecule has 0 heterocycles. The van der Waals surface area contributed by atoms with Crippen LogP contribution in [0.25, 0.3) is 0 Å². The standard InChI is InChI=1S/C16H16INO2/c1-2-20-11-12-7-3-6-10-15(12)18-16(19)13-8-4-5-9-14(13)17/h3-10H,2,11H2,1H3,(H,18,19). The van der Waals surface area contributed by atoms with Gasteiger partial charge in [0, 0.05) is 21.4 Å². The molecule has 0 bridgehead atoms. The zero-order valence-corrected chi connectivity index (χ0v) is 13.4. The van der Waals surface area contributed by atoms with E-state index in [-0.39, 0.29) is 5.91 Å². The summed E-state index contributed by atoms with van der Waals surface area (Å²) in [5, 5.41) is 2.95. The highest BCUT2D eigenvalue weighted by Gasteiger charge is 2.11. The quantitative estimate of drug-likeness (QED) is 0.793. The molecule has 0 aromatic heterocycles. The number of halogens is 1. The molecule has 0 unspecified atom stereocenters. The van der Waals surface area contributed by atoms with Gasteiger partial charge in [-0.1, -0.05) is 30.3 Å². The van der Waals surface area contributed by atoms with Gasteiger partial charge in [-0.3, -0.25) is 4.79 Å². The lowest BCUT2D eigenvalue weighted by Crippen LogP contribution is -2.14. The molecule has 1 N–H and O–H groups in total. The molecule has 0 saturated heterocycles. The third-order valence-electron chi connectivity index (χ3n) is 2.85. The van der Waals surface area contributed by atoms with Crippen LogP contribution in [0.5, 0.6) is 0 Å². The zero-order valence-electron chi connectivity index (χ0n) is 11.2. The van der Waals surface area contributed by atoms with Gasteiger partial charge in [0.05, 0.1) is 12.2 Å². The minimum absolute atomic E-state index is 0.0982. The number of ether oxygens (including phenoxy) is 1. The maximum Gasteiger partial charge on any atom is 0.256 e. The number of rotatable bonds is 5. The average Bonchev–Trinajstić information content (AvgIpc) is 2.46. The topological polar surface area (TPSA) is 38.3 Å². The van der Waals surface area contributed by atoms with Crippen LogP contribution in [0.4, 0.5) is 5.69 Å². The van der Waals surface area contributed by atoms with E-state index in [1.807, 2.05) is 55.5 Å². The number of anilines is 1. The van der Waals surface area contributed by atoms with Gasteiger partial charge in [0.25, 0.3) is 5.91 Å². The molecule has 0 fully saturated rings. The molecule has 0 spiro atoms. The van der Waals surface area contributed by atoms with E-state index in [4.69, 9.17) is 4.74 Å². The third-order valence-corrected chi connectivity index (χ3v) is 3.79. The van der Waals surface area contributed by atoms with E-state index in [1.165, 1.54) is 0 Å². The van der Waals surface area contributed by atoms with E-state index < -0.39 is 0 Å². The molecule has 3 nitrogen and oxygen atoms in total. The Morgan fingerprint density at radius 2 is 1.85 bits per heavy atom. The lowest BCUT2D eigenvalue weighted by atomic mass is 10.1. The van der Waals surface area contributed by atoms with Crippen molar-refractivity contribution in [3.05, 3.63) is 63.2 Å². The number of benzene rings is 2. The summed E-state index contributed by atoms with van der Waals surface area (Å²) in [7, 11) is 0. The minimum atomic E-state index is -0.0982. The molecule has 0 aliphatic heterocycles. The number of para-hydroxylation sites is 1. The maximum atomic E-state index is 12.3. The first-order chi connectivity index (χ1) is 9.72. The summed E-state index contributed by atoms with van der Waals surface area (Å²) in [6.45, 7) is 3.10. The molecule has 2 aromatic rings. The molecule has 104 valence electrons. The molecule has 0 aliphatic rings. The SMILES string of the molecule is CCOCc1ccccc1NC(=O)c1ccccc1I. The Kier molecular flexibility index (Phi) is 5.55. The Labute approximate surface area is 132 Å². The summed E-state index contributed by atoms with van der Waals surface area (Å²) in [6.07, 6.45) is 0. The molecule has 0 atom stereocenters. The largest absolute Gasteiger partial charge is 0.377 e. The van der Waals surface area contributed by atoms with Gasteiger partial charge in [-0.15, -0.1) is 0 Å². The number of nitrogens with one attached hydrogen (secondary N) is 1. The Morgan fingerprint density at radius 1 is 1.15 bits per heavy atom. The third kappa shape index (κ3) is 3.80. The van der Waals surface area contributed by atoms with Crippen LogP contribution < -0.4 is 5.32 Å². The van der Waals surface area contributed by atoms with Crippen LogP contribution >= 0.6 is 22.6 Å². The number of hydrogen-bond donors (Lipinski definition) is 1. The number of carbonyl (C=O) groups is 1. The van der Waals surface area contributed by atoms with Gasteiger partial charge in [0.1, 0.15) is 0 Å². The molecule has 1 amide bonds. The highest BCUT2D eigenvalue weighted by Crippen LogP contribution is 2.19. The number of amides is 1. The Balaban J connectivity index is 2.18. The van der Waals surface area contributed by atoms with Crippen molar-refractivity contribution in [3.8, 4) is 0 Å². The number of carbonyl (C=O) groups excluding carboxylic acids is 1. The summed E-state index contributed by atoms with van der Waals surface area (Å²) in [4.78, 5) is 12.3. The summed E-state index contributed by atoms with van der Waals surface area (Å²) in [6, 6.07) is 15.2. The summed E-state index contributed by atoms with van der Waals surface area (Å²) in [5.74, 6) is -0.0982. The van der Waals surface area contributed by atoms with Crippen molar-refractivity contribution in [2.24, 2.45) is 0 Å². The fraction of sp³-hybridized carbons (Fsp3) is 0.188. The molecule has 20 heavy (non-hydrogen) atoms. The Bertz CT molecular complexity index is 599. The van der Waals surface area contributed by atoms with E-state index in [0.29, 0.717) is 18.8 Å². The van der Waals surface area contributed by atoms with Crippen molar-refractivity contribution >= 4 is 34.2 Å². The van der Waals surface area contributed by atoms with Crippen molar-refractivity contribution in [3.63, 3.8) is 0 Å². The van der Waals surface area contributed by atoms with Gasteiger partial charge in [-0.25, -0.2) is 0 Å². The minimum Gasteiger partial charge on any atom is -0.377 e. The lowest BCUT2D eigenvalue weighted by Gasteiger charge is -2.11. The molecule has 2 rings (SSSR count). The highest BCUT2D eigenvalue weighted by atomic mass is 127. The maximum absolute atomic E-state index is 12.3. The molecule has 0 radical (unpaired) electrons. The second-order valence-corrected chi connectivity index (χ2v) is 5.39. The van der Waals surface area contributed by atoms with E-state index >= 15 is 0 Å². The molecular formula is C16H16INO2. The first-order valence-corrected chi connectivity index (χ1v) is 7.51. The fourth-order valence-corrected chi connectivity index (χ4v) is 2.45. The summed E-state index contributed by atoms with van der Waals surface area (Å²) in [5.41, 5.74) is 2.46. The predicted molar refractivity (Wildman–Crippen MR) is 88.9 cm³/mol. The van der Waals surface area contributed by atoms with Gasteiger partial charge in [-0.2, -0.15) is 0 Å². The van der Waals surface area contributed by atoms with Crippen LogP contribution in [0.15, 0.2) is 48.5 Å². The predicted octanol–water partition coefficient (Wildman–Crippen LogP) is 4.08. The zero-order chi connectivity index (χ0) is 14.4. The first kappa shape index (κ1) is 15.0. The van der Waals surface area contributed by atoms with Crippen LogP contribution in [0, 0.1) is 3.57 Å². The smallest absolute Gasteiger partial charge is 0.256 e. The van der Waals surface area contributed by atoms with E-state index in [2.05, 4.69) is 27.9 Å². The normalized spacial score (nSPS) is 10.3. The van der Waals surface area contributed by atoms with Crippen LogP contribution in [0.1, 0.15) is 22.8 Å². The molecular weight excluding hydrogens is 365 g/mol. The van der Waals surface area contributed by atoms with E-state index in [1.54, 1.807) is 0 Å².